The highest BCUT2D eigenvalue weighted by atomic mass is 16.6. The third-order valence-corrected chi connectivity index (χ3v) is 2.09. The number of carboxylic acids is 1. The first-order chi connectivity index (χ1) is 8.32. The lowest BCUT2D eigenvalue weighted by Crippen LogP contribution is -2.23. The van der Waals surface area contributed by atoms with Gasteiger partial charge >= 0.3 is 11.7 Å². The molecule has 0 fully saturated rings. The first-order valence-electron chi connectivity index (χ1n) is 4.80. The van der Waals surface area contributed by atoms with Crippen LogP contribution in [0.4, 0.5) is 5.69 Å². The van der Waals surface area contributed by atoms with E-state index < -0.39 is 28.6 Å². The van der Waals surface area contributed by atoms with Crippen molar-refractivity contribution < 1.29 is 24.4 Å². The van der Waals surface area contributed by atoms with Crippen LogP contribution in [0.3, 0.4) is 0 Å². The first kappa shape index (κ1) is 13.4. The zero-order valence-corrected chi connectivity index (χ0v) is 9.32. The molecule has 0 unspecified atom stereocenters. The zero-order valence-electron chi connectivity index (χ0n) is 9.32. The maximum atomic E-state index is 10.9. The fourth-order valence-corrected chi connectivity index (χ4v) is 1.15. The molecule has 0 aliphatic carbocycles. The number of hydrogen-bond donors (Lipinski definition) is 2. The molecule has 0 aromatic heterocycles. The average molecular weight is 254 g/mol. The van der Waals surface area contributed by atoms with Crippen molar-refractivity contribution in [3.05, 3.63) is 33.9 Å². The number of benzene rings is 1. The zero-order chi connectivity index (χ0) is 13.9. The summed E-state index contributed by atoms with van der Waals surface area (Å²) in [4.78, 5) is 31.5. The van der Waals surface area contributed by atoms with Gasteiger partial charge in [0.05, 0.1) is 4.92 Å². The number of carbonyl (C=O) groups excluding carboxylic acids is 1. The predicted molar refractivity (Wildman–Crippen MR) is 59.3 cm³/mol. The summed E-state index contributed by atoms with van der Waals surface area (Å²) in [5.41, 5.74) is 4.41. The molecule has 0 saturated heterocycles. The number of carboxylic acid groups (broad SMARTS) is 1. The summed E-state index contributed by atoms with van der Waals surface area (Å²) in [6.45, 7) is 1.23. The fraction of sp³-hybridized carbons (Fsp3) is 0.200. The van der Waals surface area contributed by atoms with Gasteiger partial charge in [-0.15, -0.1) is 0 Å². The normalized spacial score (nSPS) is 11.6. The molecule has 1 aromatic carbocycles. The Kier molecular flexibility index (Phi) is 3.82. The number of nitrogens with two attached hydrogens (primary N) is 1. The van der Waals surface area contributed by atoms with Gasteiger partial charge in [0.25, 0.3) is 0 Å². The highest BCUT2D eigenvalue weighted by Gasteiger charge is 2.22. The third-order valence-electron chi connectivity index (χ3n) is 2.09. The maximum Gasteiger partial charge on any atom is 0.344 e. The Hall–Kier alpha value is -2.64. The summed E-state index contributed by atoms with van der Waals surface area (Å²) in [5.74, 6) is -2.32. The minimum absolute atomic E-state index is 0.0583. The highest BCUT2D eigenvalue weighted by Crippen LogP contribution is 2.28. The number of hydrogen-bond acceptors (Lipinski definition) is 5. The molecule has 18 heavy (non-hydrogen) atoms. The molecule has 0 bridgehead atoms. The van der Waals surface area contributed by atoms with Crippen LogP contribution in [0.2, 0.25) is 0 Å². The lowest BCUT2D eigenvalue weighted by atomic mass is 10.2. The van der Waals surface area contributed by atoms with E-state index in [0.29, 0.717) is 0 Å². The Morgan fingerprint density at radius 3 is 2.56 bits per heavy atom. The van der Waals surface area contributed by atoms with E-state index in [0.717, 1.165) is 12.1 Å². The van der Waals surface area contributed by atoms with Crippen LogP contribution in [0.1, 0.15) is 17.3 Å². The summed E-state index contributed by atoms with van der Waals surface area (Å²) in [5, 5.41) is 19.4. The fourth-order valence-electron chi connectivity index (χ4n) is 1.15. The van der Waals surface area contributed by atoms with E-state index in [1.807, 2.05) is 0 Å². The summed E-state index contributed by atoms with van der Waals surface area (Å²) in [6, 6.07) is 3.29. The van der Waals surface area contributed by atoms with Crippen LogP contribution in [0.5, 0.6) is 5.75 Å². The summed E-state index contributed by atoms with van der Waals surface area (Å²) >= 11 is 0. The molecule has 1 rings (SSSR count). The third kappa shape index (κ3) is 2.94. The lowest BCUT2D eigenvalue weighted by Gasteiger charge is -2.10. The highest BCUT2D eigenvalue weighted by molar-refractivity contribution is 5.93. The van der Waals surface area contributed by atoms with E-state index in [1.165, 1.54) is 13.0 Å². The number of aliphatic carboxylic acids is 1. The molecule has 3 N–H and O–H groups in total. The van der Waals surface area contributed by atoms with Gasteiger partial charge in [-0.2, -0.15) is 0 Å². The van der Waals surface area contributed by atoms with E-state index in [9.17, 15) is 19.7 Å². The first-order valence-corrected chi connectivity index (χ1v) is 4.80. The number of nitro benzene ring substituents is 1. The topological polar surface area (TPSA) is 133 Å². The number of rotatable bonds is 5. The molecule has 96 valence electrons. The molecule has 8 nitrogen and oxygen atoms in total. The summed E-state index contributed by atoms with van der Waals surface area (Å²) in [6.07, 6.45) is -1.25. The largest absolute Gasteiger partial charge is 0.479 e. The molecule has 8 heteroatoms. The van der Waals surface area contributed by atoms with Gasteiger partial charge in [-0.05, 0) is 19.1 Å². The number of nitro groups is 1. The van der Waals surface area contributed by atoms with E-state index in [2.05, 4.69) is 0 Å². The Labute approximate surface area is 101 Å². The monoisotopic (exact) mass is 254 g/mol. The van der Waals surface area contributed by atoms with Crippen LogP contribution in [0.25, 0.3) is 0 Å². The van der Waals surface area contributed by atoms with E-state index in [4.69, 9.17) is 15.6 Å². The van der Waals surface area contributed by atoms with Crippen LogP contribution in [0.15, 0.2) is 18.2 Å². The summed E-state index contributed by atoms with van der Waals surface area (Å²) in [7, 11) is 0. The average Bonchev–Trinajstić information content (AvgIpc) is 2.28. The Bertz CT molecular complexity index is 513. The quantitative estimate of drug-likeness (QED) is 0.582. The van der Waals surface area contributed by atoms with Crippen LogP contribution >= 0.6 is 0 Å². The van der Waals surface area contributed by atoms with Crippen molar-refractivity contribution in [2.75, 3.05) is 0 Å². The number of amides is 1. The molecule has 1 atom stereocenters. The number of ether oxygens (including phenoxy) is 1. The van der Waals surface area contributed by atoms with Crippen molar-refractivity contribution in [3.8, 4) is 5.75 Å². The molecule has 1 aromatic rings. The standard InChI is InChI=1S/C10H10N2O6/c1-5(10(14)15)18-8-3-2-6(9(11)13)4-7(8)12(16)17/h2-5H,1H3,(H2,11,13)(H,14,15)/t5-/m0/s1. The van der Waals surface area contributed by atoms with Gasteiger partial charge in [0.2, 0.25) is 5.91 Å². The molecule has 1 amide bonds. The van der Waals surface area contributed by atoms with E-state index in [-0.39, 0.29) is 11.3 Å². The molecule has 0 saturated carbocycles. The van der Waals surface area contributed by atoms with Crippen LogP contribution in [-0.2, 0) is 4.79 Å². The van der Waals surface area contributed by atoms with Gasteiger partial charge < -0.3 is 15.6 Å². The van der Waals surface area contributed by atoms with Crippen molar-refractivity contribution in [3.63, 3.8) is 0 Å². The van der Waals surface area contributed by atoms with Gasteiger partial charge in [0.1, 0.15) is 0 Å². The minimum Gasteiger partial charge on any atom is -0.479 e. The van der Waals surface area contributed by atoms with Crippen LogP contribution in [0, 0.1) is 10.1 Å². The molecular formula is C10H10N2O6. The van der Waals surface area contributed by atoms with Crippen molar-refractivity contribution in [2.24, 2.45) is 5.73 Å². The Morgan fingerprint density at radius 2 is 2.11 bits per heavy atom. The lowest BCUT2D eigenvalue weighted by molar-refractivity contribution is -0.386. The molecule has 0 spiro atoms. The van der Waals surface area contributed by atoms with Gasteiger partial charge in [0.15, 0.2) is 11.9 Å². The van der Waals surface area contributed by atoms with Crippen LogP contribution in [-0.4, -0.2) is 28.0 Å². The van der Waals surface area contributed by atoms with Crippen molar-refractivity contribution in [2.45, 2.75) is 13.0 Å². The van der Waals surface area contributed by atoms with Gasteiger partial charge in [-0.1, -0.05) is 0 Å². The minimum atomic E-state index is -1.26. The molecule has 0 radical (unpaired) electrons. The van der Waals surface area contributed by atoms with Gasteiger partial charge in [-0.3, -0.25) is 14.9 Å². The van der Waals surface area contributed by atoms with E-state index in [1.54, 1.807) is 0 Å². The second-order valence-electron chi connectivity index (χ2n) is 3.40. The van der Waals surface area contributed by atoms with Gasteiger partial charge in [-0.25, -0.2) is 4.79 Å². The van der Waals surface area contributed by atoms with Crippen molar-refractivity contribution in [1.82, 2.24) is 0 Å². The summed E-state index contributed by atoms with van der Waals surface area (Å²) < 4.78 is 4.91. The second-order valence-corrected chi connectivity index (χ2v) is 3.40. The molecule has 0 heterocycles. The SMILES string of the molecule is C[C@H](Oc1ccc(C(N)=O)cc1[N+](=O)[O-])C(=O)O. The Balaban J connectivity index is 3.16. The van der Waals surface area contributed by atoms with E-state index >= 15 is 0 Å². The number of carbonyl (C=O) groups is 2. The predicted octanol–water partition coefficient (Wildman–Crippen LogP) is 0.546. The molecular weight excluding hydrogens is 244 g/mol. The van der Waals surface area contributed by atoms with Crippen molar-refractivity contribution in [1.29, 1.82) is 0 Å². The van der Waals surface area contributed by atoms with Crippen LogP contribution < -0.4 is 10.5 Å². The van der Waals surface area contributed by atoms with Gasteiger partial charge in [0, 0.05) is 11.6 Å². The second kappa shape index (κ2) is 5.13. The van der Waals surface area contributed by atoms with Crippen molar-refractivity contribution >= 4 is 17.6 Å². The molecule has 0 aliphatic rings. The smallest absolute Gasteiger partial charge is 0.344 e. The molecule has 0 aliphatic heterocycles. The Morgan fingerprint density at radius 1 is 1.50 bits per heavy atom. The number of nitrogens with zero attached hydrogens (tertiary/aromatic N) is 1. The number of primary amides is 1. The maximum absolute atomic E-state index is 10.9.